The molecule has 2 rings (SSSR count). The molecule has 1 amide bonds. The molecule has 0 spiro atoms. The number of aliphatic imine (C=N–C) groups is 1. The quantitative estimate of drug-likeness (QED) is 0.656. The van der Waals surface area contributed by atoms with E-state index in [9.17, 15) is 4.79 Å². The number of hydrogen-bond acceptors (Lipinski definition) is 1. The summed E-state index contributed by atoms with van der Waals surface area (Å²) in [5.74, 6) is -0.797. The molecule has 0 heterocycles. The van der Waals surface area contributed by atoms with Crippen LogP contribution < -0.4 is 11.5 Å². The van der Waals surface area contributed by atoms with Crippen molar-refractivity contribution in [3.05, 3.63) is 59.2 Å². The highest BCUT2D eigenvalue weighted by Gasteiger charge is 2.22. The number of nitrogens with zero attached hydrogens (tertiary/aromatic N) is 1. The van der Waals surface area contributed by atoms with E-state index in [1.807, 2.05) is 37.3 Å². The van der Waals surface area contributed by atoms with Crippen LogP contribution in [0.5, 0.6) is 0 Å². The zero-order valence-electron chi connectivity index (χ0n) is 12.3. The maximum Gasteiger partial charge on any atom is 0.256 e. The summed E-state index contributed by atoms with van der Waals surface area (Å²) in [6.45, 7) is 2.04. The second-order valence-electron chi connectivity index (χ2n) is 5.30. The number of guanidine groups is 1. The molecule has 0 fully saturated rings. The average Bonchev–Trinajstić information content (AvgIpc) is 2.46. The lowest BCUT2D eigenvalue weighted by Gasteiger charge is -2.17. The monoisotopic (exact) mass is 283 g/mol. The van der Waals surface area contributed by atoms with E-state index in [1.165, 1.54) is 5.56 Å². The van der Waals surface area contributed by atoms with Gasteiger partial charge in [-0.2, -0.15) is 4.99 Å². The first-order valence-corrected chi connectivity index (χ1v) is 7.12. The number of benzene rings is 1. The van der Waals surface area contributed by atoms with Crippen LogP contribution >= 0.6 is 0 Å². The summed E-state index contributed by atoms with van der Waals surface area (Å²) in [5.41, 5.74) is 14.0. The molecule has 0 radical (unpaired) electrons. The van der Waals surface area contributed by atoms with E-state index in [0.717, 1.165) is 24.0 Å². The molecule has 1 aliphatic carbocycles. The van der Waals surface area contributed by atoms with Gasteiger partial charge < -0.3 is 11.5 Å². The molecular formula is C17H21N3O. The number of amides is 1. The molecular weight excluding hydrogens is 262 g/mol. The van der Waals surface area contributed by atoms with Gasteiger partial charge >= 0.3 is 0 Å². The Bertz CT molecular complexity index is 593. The van der Waals surface area contributed by atoms with Crippen LogP contribution in [0.4, 0.5) is 0 Å². The first kappa shape index (κ1) is 15.0. The van der Waals surface area contributed by atoms with Crippen LogP contribution in [0, 0.1) is 12.8 Å². The van der Waals surface area contributed by atoms with E-state index in [4.69, 9.17) is 11.5 Å². The van der Waals surface area contributed by atoms with E-state index < -0.39 is 0 Å². The highest BCUT2D eigenvalue weighted by Crippen LogP contribution is 2.24. The number of hydrogen-bond donors (Lipinski definition) is 2. The number of carbonyl (C=O) groups excluding carboxylic acids is 1. The zero-order chi connectivity index (χ0) is 15.2. The molecule has 110 valence electrons. The number of carbonyl (C=O) groups is 1. The van der Waals surface area contributed by atoms with Crippen LogP contribution in [-0.4, -0.2) is 11.9 Å². The van der Waals surface area contributed by atoms with E-state index >= 15 is 0 Å². The number of rotatable bonds is 4. The van der Waals surface area contributed by atoms with Crippen molar-refractivity contribution in [3.8, 4) is 0 Å². The minimum atomic E-state index is -0.327. The SMILES string of the molecule is Cc1ccc(CC(C(=O)N=C(N)N)C2=CCCC=C2)cc1. The van der Waals surface area contributed by atoms with Gasteiger partial charge in [-0.15, -0.1) is 0 Å². The highest BCUT2D eigenvalue weighted by atomic mass is 16.1. The molecule has 4 heteroatoms. The first-order chi connectivity index (χ1) is 10.1. The van der Waals surface area contributed by atoms with Crippen molar-refractivity contribution in [2.75, 3.05) is 0 Å². The van der Waals surface area contributed by atoms with Crippen molar-refractivity contribution in [2.24, 2.45) is 22.4 Å². The van der Waals surface area contributed by atoms with E-state index in [-0.39, 0.29) is 17.8 Å². The summed E-state index contributed by atoms with van der Waals surface area (Å²) in [5, 5.41) is 0. The van der Waals surface area contributed by atoms with Gasteiger partial charge in [0.1, 0.15) is 0 Å². The predicted molar refractivity (Wildman–Crippen MR) is 85.6 cm³/mol. The van der Waals surface area contributed by atoms with E-state index in [0.29, 0.717) is 6.42 Å². The maximum absolute atomic E-state index is 12.3. The second kappa shape index (κ2) is 6.88. The Morgan fingerprint density at radius 3 is 2.52 bits per heavy atom. The average molecular weight is 283 g/mol. The normalized spacial score (nSPS) is 15.2. The van der Waals surface area contributed by atoms with Crippen LogP contribution in [0.1, 0.15) is 24.0 Å². The van der Waals surface area contributed by atoms with Gasteiger partial charge in [0.2, 0.25) is 0 Å². The van der Waals surface area contributed by atoms with Crippen LogP contribution in [-0.2, 0) is 11.2 Å². The molecule has 4 nitrogen and oxygen atoms in total. The topological polar surface area (TPSA) is 81.5 Å². The van der Waals surface area contributed by atoms with Gasteiger partial charge in [0, 0.05) is 0 Å². The molecule has 21 heavy (non-hydrogen) atoms. The minimum absolute atomic E-state index is 0.186. The Balaban J connectivity index is 2.25. The number of aryl methyl sites for hydroxylation is 1. The van der Waals surface area contributed by atoms with Gasteiger partial charge in [-0.05, 0) is 37.3 Å². The molecule has 0 bridgehead atoms. The molecule has 0 aromatic heterocycles. The Labute approximate surface area is 125 Å². The summed E-state index contributed by atoms with van der Waals surface area (Å²) in [4.78, 5) is 16.0. The lowest BCUT2D eigenvalue weighted by atomic mass is 9.88. The molecule has 1 aromatic rings. The standard InChI is InChI=1S/C17H21N3O/c1-12-7-9-13(10-8-12)11-15(16(21)20-17(18)19)14-5-3-2-4-6-14/h3,5-10,15H,2,4,11H2,1H3,(H4,18,19,20,21). The van der Waals surface area contributed by atoms with Crippen molar-refractivity contribution in [2.45, 2.75) is 26.2 Å². The summed E-state index contributed by atoms with van der Waals surface area (Å²) >= 11 is 0. The van der Waals surface area contributed by atoms with Crippen molar-refractivity contribution in [1.29, 1.82) is 0 Å². The minimum Gasteiger partial charge on any atom is -0.370 e. The predicted octanol–water partition coefficient (Wildman–Crippen LogP) is 2.23. The summed E-state index contributed by atoms with van der Waals surface area (Å²) in [6, 6.07) is 8.17. The fourth-order valence-corrected chi connectivity index (χ4v) is 2.40. The third-order valence-corrected chi connectivity index (χ3v) is 3.52. The number of nitrogens with two attached hydrogens (primary N) is 2. The van der Waals surface area contributed by atoms with Gasteiger partial charge in [0.05, 0.1) is 5.92 Å². The first-order valence-electron chi connectivity index (χ1n) is 7.12. The maximum atomic E-state index is 12.3. The van der Waals surface area contributed by atoms with Crippen LogP contribution in [0.25, 0.3) is 0 Å². The van der Waals surface area contributed by atoms with Gasteiger partial charge in [-0.3, -0.25) is 4.79 Å². The Kier molecular flexibility index (Phi) is 4.93. The fourth-order valence-electron chi connectivity index (χ4n) is 2.40. The van der Waals surface area contributed by atoms with Crippen molar-refractivity contribution in [1.82, 2.24) is 0 Å². The molecule has 4 N–H and O–H groups in total. The smallest absolute Gasteiger partial charge is 0.256 e. The summed E-state index contributed by atoms with van der Waals surface area (Å²) in [6.07, 6.45) is 8.75. The Hall–Kier alpha value is -2.36. The van der Waals surface area contributed by atoms with Crippen molar-refractivity contribution in [3.63, 3.8) is 0 Å². The van der Waals surface area contributed by atoms with Crippen LogP contribution in [0.3, 0.4) is 0 Å². The van der Waals surface area contributed by atoms with Gasteiger partial charge in [-0.25, -0.2) is 0 Å². The third kappa shape index (κ3) is 4.31. The number of allylic oxidation sites excluding steroid dienone is 3. The Morgan fingerprint density at radius 1 is 1.24 bits per heavy atom. The van der Waals surface area contributed by atoms with Gasteiger partial charge in [0.15, 0.2) is 5.96 Å². The van der Waals surface area contributed by atoms with Gasteiger partial charge in [-0.1, -0.05) is 48.1 Å². The summed E-state index contributed by atoms with van der Waals surface area (Å²) < 4.78 is 0. The van der Waals surface area contributed by atoms with E-state index in [1.54, 1.807) is 0 Å². The molecule has 0 saturated heterocycles. The molecule has 1 aliphatic rings. The fraction of sp³-hybridized carbons (Fsp3) is 0.294. The third-order valence-electron chi connectivity index (χ3n) is 3.52. The summed E-state index contributed by atoms with van der Waals surface area (Å²) in [7, 11) is 0. The Morgan fingerprint density at radius 2 is 1.95 bits per heavy atom. The van der Waals surface area contributed by atoms with Crippen molar-refractivity contribution < 1.29 is 4.79 Å². The van der Waals surface area contributed by atoms with E-state index in [2.05, 4.69) is 17.1 Å². The van der Waals surface area contributed by atoms with Crippen LogP contribution in [0.15, 0.2) is 53.1 Å². The molecule has 1 aromatic carbocycles. The highest BCUT2D eigenvalue weighted by molar-refractivity contribution is 5.94. The molecule has 1 unspecified atom stereocenters. The molecule has 0 aliphatic heterocycles. The van der Waals surface area contributed by atoms with Crippen LogP contribution in [0.2, 0.25) is 0 Å². The zero-order valence-corrected chi connectivity index (χ0v) is 12.3. The lowest BCUT2D eigenvalue weighted by molar-refractivity contribution is -0.120. The second-order valence-corrected chi connectivity index (χ2v) is 5.30. The molecule has 1 atom stereocenters. The van der Waals surface area contributed by atoms with Crippen molar-refractivity contribution >= 4 is 11.9 Å². The molecule has 0 saturated carbocycles. The lowest BCUT2D eigenvalue weighted by Crippen LogP contribution is -2.27. The van der Waals surface area contributed by atoms with Gasteiger partial charge in [0.25, 0.3) is 5.91 Å². The largest absolute Gasteiger partial charge is 0.370 e.